The van der Waals surface area contributed by atoms with E-state index in [0.717, 1.165) is 16.8 Å². The van der Waals surface area contributed by atoms with Gasteiger partial charge in [0.2, 0.25) is 5.78 Å². The van der Waals surface area contributed by atoms with E-state index in [1.54, 1.807) is 18.3 Å². The van der Waals surface area contributed by atoms with Gasteiger partial charge in [-0.15, -0.1) is 0 Å². The molecule has 0 spiro atoms. The molecule has 1 aromatic carbocycles. The number of aliphatic imine (C=N–C) groups is 1. The summed E-state index contributed by atoms with van der Waals surface area (Å²) in [5.41, 5.74) is 3.24. The van der Waals surface area contributed by atoms with Gasteiger partial charge in [-0.2, -0.15) is 5.26 Å². The molecule has 130 valence electrons. The smallest absolute Gasteiger partial charge is 0.204 e. The SMILES string of the molecule is Cc1cc2c(cc1C)C(=O)[C@]1(O)CCN(c3ccnc(C#N)c3C)C1=N2. The van der Waals surface area contributed by atoms with Gasteiger partial charge in [-0.1, -0.05) is 0 Å². The number of ketones is 1. The fraction of sp³-hybridized carbons (Fsp3) is 0.300. The Morgan fingerprint density at radius 3 is 2.73 bits per heavy atom. The number of aryl methyl sites for hydroxylation is 2. The molecule has 2 aliphatic heterocycles. The van der Waals surface area contributed by atoms with Crippen LogP contribution in [0.25, 0.3) is 0 Å². The molecule has 6 heteroatoms. The van der Waals surface area contributed by atoms with Gasteiger partial charge in [0.15, 0.2) is 5.60 Å². The van der Waals surface area contributed by atoms with Crippen molar-refractivity contribution in [2.75, 3.05) is 11.4 Å². The van der Waals surface area contributed by atoms with Crippen LogP contribution in [0.15, 0.2) is 29.4 Å². The maximum absolute atomic E-state index is 13.0. The zero-order chi connectivity index (χ0) is 18.6. The molecule has 0 bridgehead atoms. The van der Waals surface area contributed by atoms with E-state index in [9.17, 15) is 15.2 Å². The van der Waals surface area contributed by atoms with Crippen molar-refractivity contribution in [3.63, 3.8) is 0 Å². The number of pyridine rings is 1. The van der Waals surface area contributed by atoms with Crippen molar-refractivity contribution in [1.82, 2.24) is 4.98 Å². The number of carbonyl (C=O) groups excluding carboxylic acids is 1. The first kappa shape index (κ1) is 16.4. The van der Waals surface area contributed by atoms with Crippen LogP contribution in [0.5, 0.6) is 0 Å². The molecular weight excluding hydrogens is 328 g/mol. The van der Waals surface area contributed by atoms with Gasteiger partial charge in [-0.05, 0) is 50.1 Å². The van der Waals surface area contributed by atoms with Crippen LogP contribution in [0.2, 0.25) is 0 Å². The standard InChI is InChI=1S/C20H18N4O2/c1-11-8-14-15(9-12(11)2)23-19-20(26,18(14)25)5-7-24(19)17-4-6-22-16(10-21)13(17)3/h4,6,8-9,26H,5,7H2,1-3H3/t20-/m1/s1. The predicted octanol–water partition coefficient (Wildman–Crippen LogP) is 2.75. The molecular formula is C20H18N4O2. The lowest BCUT2D eigenvalue weighted by molar-refractivity contribution is 0.0602. The highest BCUT2D eigenvalue weighted by Crippen LogP contribution is 2.41. The van der Waals surface area contributed by atoms with E-state index in [2.05, 4.69) is 16.0 Å². The van der Waals surface area contributed by atoms with Gasteiger partial charge in [-0.25, -0.2) is 9.98 Å². The van der Waals surface area contributed by atoms with Crippen LogP contribution in [-0.2, 0) is 0 Å². The molecule has 4 rings (SSSR count). The Morgan fingerprint density at radius 2 is 2.00 bits per heavy atom. The highest BCUT2D eigenvalue weighted by Gasteiger charge is 2.52. The Hall–Kier alpha value is -3.04. The Bertz CT molecular complexity index is 1030. The maximum atomic E-state index is 13.0. The molecule has 0 radical (unpaired) electrons. The largest absolute Gasteiger partial charge is 0.374 e. The van der Waals surface area contributed by atoms with Crippen molar-refractivity contribution in [2.45, 2.75) is 32.8 Å². The number of fused-ring (bicyclic) bond motifs is 2. The summed E-state index contributed by atoms with van der Waals surface area (Å²) in [6.45, 7) is 6.17. The number of rotatable bonds is 1. The summed E-state index contributed by atoms with van der Waals surface area (Å²) in [6.07, 6.45) is 1.83. The van der Waals surface area contributed by atoms with Crippen molar-refractivity contribution in [3.8, 4) is 6.07 Å². The minimum Gasteiger partial charge on any atom is -0.374 e. The molecule has 0 aliphatic carbocycles. The first-order valence-electron chi connectivity index (χ1n) is 8.47. The Morgan fingerprint density at radius 1 is 1.27 bits per heavy atom. The fourth-order valence-corrected chi connectivity index (χ4v) is 3.66. The summed E-state index contributed by atoms with van der Waals surface area (Å²) in [5.74, 6) is 0.0201. The van der Waals surface area contributed by atoms with E-state index in [0.29, 0.717) is 34.9 Å². The average Bonchev–Trinajstić information content (AvgIpc) is 2.95. The number of Topliss-reactive ketones (excluding diaryl/α,β-unsaturated/α-hetero) is 1. The molecule has 6 nitrogen and oxygen atoms in total. The molecule has 3 heterocycles. The van der Waals surface area contributed by atoms with Crippen LogP contribution < -0.4 is 4.90 Å². The minimum atomic E-state index is -1.63. The zero-order valence-electron chi connectivity index (χ0n) is 14.9. The number of benzene rings is 1. The minimum absolute atomic E-state index is 0.265. The van der Waals surface area contributed by atoms with Crippen LogP contribution in [-0.4, -0.2) is 33.9 Å². The van der Waals surface area contributed by atoms with Gasteiger partial charge in [0, 0.05) is 36.0 Å². The third-order valence-electron chi connectivity index (χ3n) is 5.35. The van der Waals surface area contributed by atoms with E-state index in [4.69, 9.17) is 0 Å². The van der Waals surface area contributed by atoms with Gasteiger partial charge in [0.25, 0.3) is 0 Å². The molecule has 1 atom stereocenters. The lowest BCUT2D eigenvalue weighted by atomic mass is 9.86. The number of carbonyl (C=O) groups is 1. The van der Waals surface area contributed by atoms with Crippen LogP contribution in [0, 0.1) is 32.1 Å². The van der Waals surface area contributed by atoms with Gasteiger partial charge < -0.3 is 10.0 Å². The van der Waals surface area contributed by atoms with E-state index >= 15 is 0 Å². The van der Waals surface area contributed by atoms with E-state index in [1.807, 2.05) is 31.7 Å². The number of nitrogens with zero attached hydrogens (tertiary/aromatic N) is 4. The van der Waals surface area contributed by atoms with Crippen molar-refractivity contribution in [3.05, 3.63) is 52.3 Å². The van der Waals surface area contributed by atoms with Crippen LogP contribution in [0.3, 0.4) is 0 Å². The number of hydrogen-bond donors (Lipinski definition) is 1. The topological polar surface area (TPSA) is 89.6 Å². The molecule has 1 fully saturated rings. The maximum Gasteiger partial charge on any atom is 0.204 e. The molecule has 2 aliphatic rings. The summed E-state index contributed by atoms with van der Waals surface area (Å²) >= 11 is 0. The number of amidine groups is 1. The zero-order valence-corrected chi connectivity index (χ0v) is 14.9. The molecule has 0 amide bonds. The normalized spacial score (nSPS) is 21.1. The molecule has 0 saturated carbocycles. The lowest BCUT2D eigenvalue weighted by Gasteiger charge is -2.30. The van der Waals surface area contributed by atoms with Crippen molar-refractivity contribution >= 4 is 23.0 Å². The third-order valence-corrected chi connectivity index (χ3v) is 5.35. The Balaban J connectivity index is 1.91. The monoisotopic (exact) mass is 346 g/mol. The molecule has 1 N–H and O–H groups in total. The summed E-state index contributed by atoms with van der Waals surface area (Å²) < 4.78 is 0. The number of nitriles is 1. The molecule has 1 saturated heterocycles. The molecule has 1 aromatic heterocycles. The third kappa shape index (κ3) is 2.11. The summed E-state index contributed by atoms with van der Waals surface area (Å²) in [4.78, 5) is 23.6. The summed E-state index contributed by atoms with van der Waals surface area (Å²) in [5, 5.41) is 20.4. The fourth-order valence-electron chi connectivity index (χ4n) is 3.66. The molecule has 2 aromatic rings. The first-order valence-corrected chi connectivity index (χ1v) is 8.47. The molecule has 26 heavy (non-hydrogen) atoms. The first-order chi connectivity index (χ1) is 12.4. The van der Waals surface area contributed by atoms with Crippen LogP contribution in [0.4, 0.5) is 11.4 Å². The summed E-state index contributed by atoms with van der Waals surface area (Å²) in [6, 6.07) is 7.54. The molecule has 0 unspecified atom stereocenters. The van der Waals surface area contributed by atoms with Crippen LogP contribution in [0.1, 0.15) is 39.2 Å². The Kier molecular flexibility index (Phi) is 3.46. The van der Waals surface area contributed by atoms with Gasteiger partial charge in [0.1, 0.15) is 17.6 Å². The number of hydrogen-bond acceptors (Lipinski definition) is 6. The van der Waals surface area contributed by atoms with Gasteiger partial charge in [0.05, 0.1) is 5.69 Å². The highest BCUT2D eigenvalue weighted by molar-refractivity contribution is 6.28. The van der Waals surface area contributed by atoms with Crippen molar-refractivity contribution < 1.29 is 9.90 Å². The van der Waals surface area contributed by atoms with E-state index < -0.39 is 5.60 Å². The van der Waals surface area contributed by atoms with Crippen molar-refractivity contribution in [1.29, 1.82) is 5.26 Å². The van der Waals surface area contributed by atoms with E-state index in [1.165, 1.54) is 0 Å². The van der Waals surface area contributed by atoms with Gasteiger partial charge in [-0.3, -0.25) is 4.79 Å². The van der Waals surface area contributed by atoms with E-state index in [-0.39, 0.29) is 12.2 Å². The van der Waals surface area contributed by atoms with Crippen LogP contribution >= 0.6 is 0 Å². The average molecular weight is 346 g/mol. The highest BCUT2D eigenvalue weighted by atomic mass is 16.3. The Labute approximate surface area is 151 Å². The second-order valence-electron chi connectivity index (χ2n) is 6.90. The lowest BCUT2D eigenvalue weighted by Crippen LogP contribution is -2.49. The number of anilines is 1. The second kappa shape index (κ2) is 5.48. The quantitative estimate of drug-likeness (QED) is 0.857. The predicted molar refractivity (Wildman–Crippen MR) is 97.9 cm³/mol. The number of aromatic nitrogens is 1. The van der Waals surface area contributed by atoms with Gasteiger partial charge >= 0.3 is 0 Å². The summed E-state index contributed by atoms with van der Waals surface area (Å²) in [7, 11) is 0. The number of aliphatic hydroxyl groups is 1. The van der Waals surface area contributed by atoms with Crippen molar-refractivity contribution in [2.24, 2.45) is 4.99 Å². The second-order valence-corrected chi connectivity index (χ2v) is 6.90.